The number of para-hydroxylation sites is 1. The van der Waals surface area contributed by atoms with Crippen LogP contribution in [0.5, 0.6) is 0 Å². The van der Waals surface area contributed by atoms with E-state index in [1.165, 1.54) is 39.9 Å². The number of carbonyl (C=O) groups is 1. The third-order valence-corrected chi connectivity index (χ3v) is 6.78. The zero-order valence-corrected chi connectivity index (χ0v) is 15.6. The molecule has 0 spiro atoms. The lowest BCUT2D eigenvalue weighted by Crippen LogP contribution is -2.42. The highest BCUT2D eigenvalue weighted by Crippen LogP contribution is 2.34. The van der Waals surface area contributed by atoms with E-state index in [-0.39, 0.29) is 5.91 Å². The molecule has 1 saturated heterocycles. The van der Waals surface area contributed by atoms with Crippen LogP contribution in [-0.4, -0.2) is 40.3 Å². The van der Waals surface area contributed by atoms with Gasteiger partial charge in [0.25, 0.3) is 0 Å². The number of aromatic amines is 1. The van der Waals surface area contributed by atoms with E-state index in [2.05, 4.69) is 51.7 Å². The van der Waals surface area contributed by atoms with E-state index in [1.54, 1.807) is 0 Å². The van der Waals surface area contributed by atoms with Crippen LogP contribution in [0.2, 0.25) is 0 Å². The molecule has 2 aromatic heterocycles. The summed E-state index contributed by atoms with van der Waals surface area (Å²) in [7, 11) is 0. The summed E-state index contributed by atoms with van der Waals surface area (Å²) in [4.78, 5) is 22.4. The number of carbonyl (C=O) groups excluding carboxylic acids is 1. The molecule has 0 bridgehead atoms. The number of H-pyrrole nitrogens is 1. The molecule has 4 nitrogen and oxygen atoms in total. The summed E-state index contributed by atoms with van der Waals surface area (Å²) in [6.45, 7) is 3.12. The molecule has 3 aromatic rings. The zero-order chi connectivity index (χ0) is 17.5. The molecule has 1 aromatic carbocycles. The van der Waals surface area contributed by atoms with E-state index in [1.807, 2.05) is 16.2 Å². The van der Waals surface area contributed by atoms with Gasteiger partial charge < -0.3 is 9.88 Å². The summed E-state index contributed by atoms with van der Waals surface area (Å²) in [6, 6.07) is 13.2. The van der Waals surface area contributed by atoms with Crippen LogP contribution in [0.4, 0.5) is 0 Å². The van der Waals surface area contributed by atoms with Crippen LogP contribution in [0.25, 0.3) is 10.9 Å². The van der Waals surface area contributed by atoms with Gasteiger partial charge in [-0.25, -0.2) is 0 Å². The maximum absolute atomic E-state index is 13.0. The third kappa shape index (κ3) is 2.75. The molecule has 1 amide bonds. The molecular formula is C21H23N3OS. The number of nitrogens with zero attached hydrogens (tertiary/aromatic N) is 2. The first-order chi connectivity index (χ1) is 12.8. The molecule has 1 atom stereocenters. The third-order valence-electron chi connectivity index (χ3n) is 5.81. The van der Waals surface area contributed by atoms with E-state index in [0.717, 1.165) is 26.1 Å². The van der Waals surface area contributed by atoms with Crippen LogP contribution < -0.4 is 0 Å². The van der Waals surface area contributed by atoms with Gasteiger partial charge in [-0.3, -0.25) is 9.69 Å². The molecule has 1 N–H and O–H groups in total. The summed E-state index contributed by atoms with van der Waals surface area (Å²) in [6.07, 6.45) is 3.27. The van der Waals surface area contributed by atoms with Crippen LogP contribution >= 0.6 is 11.3 Å². The number of likely N-dealkylation sites (tertiary alicyclic amines) is 1. The maximum atomic E-state index is 13.0. The number of aromatic nitrogens is 1. The molecule has 0 aliphatic carbocycles. The highest BCUT2D eigenvalue weighted by atomic mass is 32.1. The van der Waals surface area contributed by atoms with E-state index in [4.69, 9.17) is 0 Å². The van der Waals surface area contributed by atoms with E-state index >= 15 is 0 Å². The Morgan fingerprint density at radius 1 is 1.19 bits per heavy atom. The Kier molecular flexibility index (Phi) is 4.06. The first kappa shape index (κ1) is 16.1. The topological polar surface area (TPSA) is 39.3 Å². The molecule has 2 aliphatic rings. The van der Waals surface area contributed by atoms with Gasteiger partial charge in [0.2, 0.25) is 5.91 Å². The minimum absolute atomic E-state index is 0.268. The van der Waals surface area contributed by atoms with Crippen LogP contribution in [0, 0.1) is 0 Å². The maximum Gasteiger partial charge on any atom is 0.237 e. The van der Waals surface area contributed by atoms with E-state index in [0.29, 0.717) is 12.6 Å². The molecule has 1 fully saturated rings. The molecule has 0 unspecified atom stereocenters. The van der Waals surface area contributed by atoms with Gasteiger partial charge >= 0.3 is 0 Å². The van der Waals surface area contributed by atoms with Gasteiger partial charge in [0.15, 0.2) is 0 Å². The summed E-state index contributed by atoms with van der Waals surface area (Å²) < 4.78 is 0. The summed E-state index contributed by atoms with van der Waals surface area (Å²) in [5.41, 5.74) is 3.79. The van der Waals surface area contributed by atoms with Crippen molar-refractivity contribution >= 4 is 28.1 Å². The summed E-state index contributed by atoms with van der Waals surface area (Å²) in [5, 5.41) is 3.40. The second kappa shape index (κ2) is 6.56. The quantitative estimate of drug-likeness (QED) is 0.763. The molecule has 26 heavy (non-hydrogen) atoms. The average molecular weight is 366 g/mol. The number of amides is 1. The van der Waals surface area contributed by atoms with Crippen molar-refractivity contribution in [3.63, 3.8) is 0 Å². The van der Waals surface area contributed by atoms with Crippen LogP contribution in [0.1, 0.15) is 35.0 Å². The number of nitrogens with one attached hydrogen (secondary N) is 1. The molecule has 134 valence electrons. The van der Waals surface area contributed by atoms with E-state index < -0.39 is 0 Å². The second-order valence-corrected chi connectivity index (χ2v) is 8.32. The minimum Gasteiger partial charge on any atom is -0.358 e. The number of hydrogen-bond acceptors (Lipinski definition) is 3. The Labute approximate surface area is 157 Å². The van der Waals surface area contributed by atoms with Gasteiger partial charge in [0.05, 0.1) is 6.54 Å². The zero-order valence-electron chi connectivity index (χ0n) is 14.8. The molecule has 5 heteroatoms. The first-order valence-corrected chi connectivity index (χ1v) is 10.3. The molecule has 0 saturated carbocycles. The number of hydrogen-bond donors (Lipinski definition) is 1. The van der Waals surface area contributed by atoms with Crippen molar-refractivity contribution in [2.75, 3.05) is 19.6 Å². The van der Waals surface area contributed by atoms with Gasteiger partial charge in [0.1, 0.15) is 0 Å². The Morgan fingerprint density at radius 2 is 2.12 bits per heavy atom. The van der Waals surface area contributed by atoms with Crippen molar-refractivity contribution in [1.29, 1.82) is 0 Å². The molecule has 4 heterocycles. The Hall–Kier alpha value is -2.11. The molecule has 0 radical (unpaired) electrons. The van der Waals surface area contributed by atoms with Gasteiger partial charge in [-0.15, -0.1) is 11.3 Å². The van der Waals surface area contributed by atoms with Crippen LogP contribution in [0.15, 0.2) is 41.8 Å². The number of fused-ring (bicyclic) bond motifs is 3. The predicted molar refractivity (Wildman–Crippen MR) is 105 cm³/mol. The Balaban J connectivity index is 1.32. The monoisotopic (exact) mass is 365 g/mol. The molecule has 2 aliphatic heterocycles. The smallest absolute Gasteiger partial charge is 0.237 e. The predicted octanol–water partition coefficient (Wildman–Crippen LogP) is 3.95. The van der Waals surface area contributed by atoms with Crippen molar-refractivity contribution in [3.8, 4) is 0 Å². The van der Waals surface area contributed by atoms with Crippen molar-refractivity contribution in [2.24, 2.45) is 0 Å². The fraction of sp³-hybridized carbons (Fsp3) is 0.381. The van der Waals surface area contributed by atoms with Gasteiger partial charge in [-0.05, 0) is 36.9 Å². The standard InChI is InChI=1S/C21H23N3OS/c25-21(14-23-10-3-7-19(23)20-8-4-12-26-20)24-11-9-18-16(13-24)15-5-1-2-6-17(15)22-18/h1-2,4-6,8,12,19,22H,3,7,9-11,13-14H2/t19-/m1/s1. The average Bonchev–Trinajstić information content (AvgIpc) is 3.40. The molecular weight excluding hydrogens is 342 g/mol. The van der Waals surface area contributed by atoms with Crippen LogP contribution in [0.3, 0.4) is 0 Å². The lowest BCUT2D eigenvalue weighted by Gasteiger charge is -2.30. The van der Waals surface area contributed by atoms with Crippen molar-refractivity contribution in [2.45, 2.75) is 31.8 Å². The summed E-state index contributed by atoms with van der Waals surface area (Å²) >= 11 is 1.81. The summed E-state index contributed by atoms with van der Waals surface area (Å²) in [5.74, 6) is 0.268. The lowest BCUT2D eigenvalue weighted by molar-refractivity contribution is -0.133. The molecule has 5 rings (SSSR count). The highest BCUT2D eigenvalue weighted by molar-refractivity contribution is 7.10. The van der Waals surface area contributed by atoms with Crippen LogP contribution in [-0.2, 0) is 17.8 Å². The van der Waals surface area contributed by atoms with E-state index in [9.17, 15) is 4.79 Å². The largest absolute Gasteiger partial charge is 0.358 e. The van der Waals surface area contributed by atoms with Crippen molar-refractivity contribution < 1.29 is 4.79 Å². The number of rotatable bonds is 3. The van der Waals surface area contributed by atoms with Crippen molar-refractivity contribution in [1.82, 2.24) is 14.8 Å². The highest BCUT2D eigenvalue weighted by Gasteiger charge is 2.31. The first-order valence-electron chi connectivity index (χ1n) is 9.43. The SMILES string of the molecule is O=C(CN1CCC[C@@H]1c1cccs1)N1CCc2[nH]c3ccccc3c2C1. The fourth-order valence-corrected chi connectivity index (χ4v) is 5.37. The van der Waals surface area contributed by atoms with Gasteiger partial charge in [-0.2, -0.15) is 0 Å². The number of benzene rings is 1. The lowest BCUT2D eigenvalue weighted by atomic mass is 10.0. The normalized spacial score (nSPS) is 20.6. The fourth-order valence-electron chi connectivity index (χ4n) is 4.47. The van der Waals surface area contributed by atoms with Gasteiger partial charge in [-0.1, -0.05) is 24.3 Å². The minimum atomic E-state index is 0.268. The van der Waals surface area contributed by atoms with Crippen molar-refractivity contribution in [3.05, 3.63) is 57.9 Å². The number of thiophene rings is 1. The Bertz CT molecular complexity index is 930. The van der Waals surface area contributed by atoms with Gasteiger partial charge in [0, 0.05) is 52.6 Å². The Morgan fingerprint density at radius 3 is 3.00 bits per heavy atom. The second-order valence-electron chi connectivity index (χ2n) is 7.34.